The molecule has 3 heterocycles. The second-order valence-electron chi connectivity index (χ2n) is 7.13. The molecule has 0 spiro atoms. The summed E-state index contributed by atoms with van der Waals surface area (Å²) >= 11 is 0. The maximum Gasteiger partial charge on any atom is 0.228 e. The van der Waals surface area contributed by atoms with E-state index in [1.54, 1.807) is 0 Å². The average Bonchev–Trinajstić information content (AvgIpc) is 3.22. The lowest BCUT2D eigenvalue weighted by molar-refractivity contribution is -0.137. The Balaban J connectivity index is 1.44. The van der Waals surface area contributed by atoms with Gasteiger partial charge in [0.1, 0.15) is 0 Å². The Morgan fingerprint density at radius 2 is 1.79 bits per heavy atom. The molecular formula is C18H28N4O2. The number of hydrogen-bond acceptors (Lipinski definition) is 3. The Bertz CT molecular complexity index is 562. The van der Waals surface area contributed by atoms with E-state index in [1.165, 1.54) is 0 Å². The molecule has 2 fully saturated rings. The summed E-state index contributed by atoms with van der Waals surface area (Å²) in [4.78, 5) is 30.9. The number of rotatable bonds is 5. The topological polar surface area (TPSA) is 48.8 Å². The summed E-state index contributed by atoms with van der Waals surface area (Å²) in [5, 5.41) is 0. The van der Waals surface area contributed by atoms with Crippen molar-refractivity contribution in [2.24, 2.45) is 5.92 Å². The molecule has 0 radical (unpaired) electrons. The smallest absolute Gasteiger partial charge is 0.228 e. The summed E-state index contributed by atoms with van der Waals surface area (Å²) in [6.07, 6.45) is 4.54. The molecule has 2 aliphatic heterocycles. The van der Waals surface area contributed by atoms with Gasteiger partial charge in [-0.2, -0.15) is 0 Å². The van der Waals surface area contributed by atoms with Crippen LogP contribution in [0.1, 0.15) is 20.3 Å². The number of aromatic nitrogens is 1. The highest BCUT2D eigenvalue weighted by molar-refractivity contribution is 5.89. The number of hydrogen-bond donors (Lipinski definition) is 0. The molecule has 3 rings (SSSR count). The van der Waals surface area contributed by atoms with E-state index in [9.17, 15) is 9.59 Å². The van der Waals surface area contributed by atoms with Gasteiger partial charge in [0, 0.05) is 70.7 Å². The fourth-order valence-corrected chi connectivity index (χ4v) is 3.62. The Hall–Kier alpha value is -1.82. The highest BCUT2D eigenvalue weighted by atomic mass is 16.2. The van der Waals surface area contributed by atoms with E-state index in [0.29, 0.717) is 13.0 Å². The lowest BCUT2D eigenvalue weighted by atomic mass is 10.1. The van der Waals surface area contributed by atoms with Crippen molar-refractivity contribution in [3.63, 3.8) is 0 Å². The second kappa shape index (κ2) is 7.38. The first-order valence-electron chi connectivity index (χ1n) is 8.96. The molecule has 1 aromatic rings. The van der Waals surface area contributed by atoms with E-state index in [2.05, 4.69) is 21.9 Å². The van der Waals surface area contributed by atoms with Gasteiger partial charge in [-0.15, -0.1) is 0 Å². The fraction of sp³-hybridized carbons (Fsp3) is 0.667. The third-order valence-electron chi connectivity index (χ3n) is 5.16. The van der Waals surface area contributed by atoms with Gasteiger partial charge in [0.15, 0.2) is 0 Å². The first-order valence-corrected chi connectivity index (χ1v) is 8.96. The van der Waals surface area contributed by atoms with Gasteiger partial charge in [-0.25, -0.2) is 0 Å². The van der Waals surface area contributed by atoms with Gasteiger partial charge >= 0.3 is 0 Å². The van der Waals surface area contributed by atoms with E-state index in [-0.39, 0.29) is 23.8 Å². The third kappa shape index (κ3) is 3.80. The Kier molecular flexibility index (Phi) is 5.23. The Morgan fingerprint density at radius 3 is 2.38 bits per heavy atom. The number of nitrogens with zero attached hydrogens (tertiary/aromatic N) is 4. The van der Waals surface area contributed by atoms with Crippen LogP contribution in [0.5, 0.6) is 0 Å². The van der Waals surface area contributed by atoms with Crippen molar-refractivity contribution in [3.8, 4) is 0 Å². The van der Waals surface area contributed by atoms with Crippen LogP contribution in [-0.2, 0) is 16.1 Å². The van der Waals surface area contributed by atoms with Crippen molar-refractivity contribution in [2.75, 3.05) is 39.3 Å². The molecule has 0 N–H and O–H groups in total. The van der Waals surface area contributed by atoms with E-state index >= 15 is 0 Å². The monoisotopic (exact) mass is 332 g/mol. The maximum atomic E-state index is 12.7. The average molecular weight is 332 g/mol. The van der Waals surface area contributed by atoms with Crippen LogP contribution in [0.15, 0.2) is 24.5 Å². The quantitative estimate of drug-likeness (QED) is 0.805. The Labute approximate surface area is 144 Å². The maximum absolute atomic E-state index is 12.7. The SMILES string of the molecule is CC(C)N1C[C@H](C(=O)N2CCN(CCn3cccc3)CC2)CC1=O. The molecular weight excluding hydrogens is 304 g/mol. The molecule has 2 saturated heterocycles. The molecule has 2 aliphatic rings. The van der Waals surface area contributed by atoms with Crippen LogP contribution < -0.4 is 0 Å². The summed E-state index contributed by atoms with van der Waals surface area (Å²) in [5.41, 5.74) is 0. The molecule has 0 aromatic carbocycles. The second-order valence-corrected chi connectivity index (χ2v) is 7.13. The van der Waals surface area contributed by atoms with Crippen LogP contribution in [0, 0.1) is 5.92 Å². The van der Waals surface area contributed by atoms with Crippen molar-refractivity contribution >= 4 is 11.8 Å². The van der Waals surface area contributed by atoms with E-state index in [0.717, 1.165) is 39.3 Å². The zero-order chi connectivity index (χ0) is 17.1. The van der Waals surface area contributed by atoms with E-state index in [1.807, 2.05) is 35.8 Å². The number of carbonyl (C=O) groups is 2. The number of piperazine rings is 1. The molecule has 0 aliphatic carbocycles. The minimum absolute atomic E-state index is 0.119. The molecule has 1 aromatic heterocycles. The largest absolute Gasteiger partial charge is 0.353 e. The molecule has 6 nitrogen and oxygen atoms in total. The highest BCUT2D eigenvalue weighted by Crippen LogP contribution is 2.22. The summed E-state index contributed by atoms with van der Waals surface area (Å²) in [5.74, 6) is 0.136. The lowest BCUT2D eigenvalue weighted by Gasteiger charge is -2.36. The third-order valence-corrected chi connectivity index (χ3v) is 5.16. The molecule has 0 unspecified atom stereocenters. The van der Waals surface area contributed by atoms with Gasteiger partial charge in [-0.3, -0.25) is 14.5 Å². The van der Waals surface area contributed by atoms with Crippen molar-refractivity contribution in [2.45, 2.75) is 32.9 Å². The van der Waals surface area contributed by atoms with Crippen LogP contribution in [0.25, 0.3) is 0 Å². The first-order chi connectivity index (χ1) is 11.5. The molecule has 24 heavy (non-hydrogen) atoms. The zero-order valence-electron chi connectivity index (χ0n) is 14.7. The predicted molar refractivity (Wildman–Crippen MR) is 92.4 cm³/mol. The number of carbonyl (C=O) groups excluding carboxylic acids is 2. The molecule has 1 atom stereocenters. The van der Waals surface area contributed by atoms with Gasteiger partial charge in [0.25, 0.3) is 0 Å². The van der Waals surface area contributed by atoms with Crippen LogP contribution in [0.2, 0.25) is 0 Å². The minimum atomic E-state index is -0.147. The van der Waals surface area contributed by atoms with Gasteiger partial charge < -0.3 is 14.4 Å². The summed E-state index contributed by atoms with van der Waals surface area (Å²) < 4.78 is 2.18. The van der Waals surface area contributed by atoms with Crippen LogP contribution in [0.3, 0.4) is 0 Å². The van der Waals surface area contributed by atoms with Crippen LogP contribution >= 0.6 is 0 Å². The van der Waals surface area contributed by atoms with E-state index < -0.39 is 0 Å². The van der Waals surface area contributed by atoms with Crippen LogP contribution in [0.4, 0.5) is 0 Å². The van der Waals surface area contributed by atoms with Crippen molar-refractivity contribution < 1.29 is 9.59 Å². The van der Waals surface area contributed by atoms with Gasteiger partial charge in [0.05, 0.1) is 5.92 Å². The summed E-state index contributed by atoms with van der Waals surface area (Å²) in [6, 6.07) is 4.26. The van der Waals surface area contributed by atoms with Crippen molar-refractivity contribution in [3.05, 3.63) is 24.5 Å². The molecule has 2 amide bonds. The number of likely N-dealkylation sites (tertiary alicyclic amines) is 1. The lowest BCUT2D eigenvalue weighted by Crippen LogP contribution is -2.51. The van der Waals surface area contributed by atoms with Gasteiger partial charge in [-0.1, -0.05) is 0 Å². The van der Waals surface area contributed by atoms with Crippen molar-refractivity contribution in [1.29, 1.82) is 0 Å². The molecule has 132 valence electrons. The zero-order valence-corrected chi connectivity index (χ0v) is 14.7. The van der Waals surface area contributed by atoms with Gasteiger partial charge in [0.2, 0.25) is 11.8 Å². The molecule has 6 heteroatoms. The highest BCUT2D eigenvalue weighted by Gasteiger charge is 2.38. The first kappa shape index (κ1) is 17.0. The van der Waals surface area contributed by atoms with Gasteiger partial charge in [-0.05, 0) is 26.0 Å². The molecule has 0 bridgehead atoms. The van der Waals surface area contributed by atoms with Crippen LogP contribution in [-0.4, -0.2) is 76.4 Å². The fourth-order valence-electron chi connectivity index (χ4n) is 3.62. The minimum Gasteiger partial charge on any atom is -0.353 e. The predicted octanol–water partition coefficient (Wildman–Crippen LogP) is 0.889. The molecule has 0 saturated carbocycles. The number of amides is 2. The Morgan fingerprint density at radius 1 is 1.12 bits per heavy atom. The van der Waals surface area contributed by atoms with E-state index in [4.69, 9.17) is 0 Å². The van der Waals surface area contributed by atoms with Crippen molar-refractivity contribution in [1.82, 2.24) is 19.3 Å². The normalized spacial score (nSPS) is 22.6. The summed E-state index contributed by atoms with van der Waals surface area (Å²) in [7, 11) is 0. The summed E-state index contributed by atoms with van der Waals surface area (Å²) in [6.45, 7) is 9.99. The standard InChI is InChI=1S/C18H28N4O2/c1-15(2)22-14-16(13-17(22)23)18(24)21-11-9-20(10-12-21)8-7-19-5-3-4-6-19/h3-6,15-16H,7-14H2,1-2H3/t16-/m1/s1.